The number of fused-ring (bicyclic) bond motifs is 2. The van der Waals surface area contributed by atoms with Crippen LogP contribution in [0.4, 0.5) is 0 Å². The molecule has 0 saturated heterocycles. The van der Waals surface area contributed by atoms with Crippen LogP contribution in [0.2, 0.25) is 0 Å². The number of quaternary nitrogens is 1. The molecule has 3 aromatic rings. The summed E-state index contributed by atoms with van der Waals surface area (Å²) in [6.07, 6.45) is 0.753. The summed E-state index contributed by atoms with van der Waals surface area (Å²) in [5.74, 6) is 1.16. The molecule has 2 aliphatic rings. The smallest absolute Gasteiger partial charge is 0.260 e. The summed E-state index contributed by atoms with van der Waals surface area (Å²) in [4.78, 5) is 16.8. The zero-order chi connectivity index (χ0) is 22.6. The maximum atomic E-state index is 13.7. The first-order valence-corrected chi connectivity index (χ1v) is 11.2. The van der Waals surface area contributed by atoms with Crippen molar-refractivity contribution in [1.29, 1.82) is 0 Å². The van der Waals surface area contributed by atoms with Gasteiger partial charge < -0.3 is 28.8 Å². The summed E-state index contributed by atoms with van der Waals surface area (Å²) in [6.45, 7) is 0.830. The van der Waals surface area contributed by atoms with E-state index in [0.29, 0.717) is 22.9 Å². The lowest BCUT2D eigenvalue weighted by molar-refractivity contribution is -0.908. The molecule has 0 spiro atoms. The van der Waals surface area contributed by atoms with Crippen LogP contribution in [-0.2, 0) is 6.42 Å². The molecule has 2 aromatic carbocycles. The molecule has 2 N–H and O–H groups in total. The monoisotopic (exact) mass is 517 g/mol. The predicted molar refractivity (Wildman–Crippen MR) is 121 cm³/mol. The Bertz CT molecular complexity index is 1340. The number of likely N-dealkylation sites (N-methyl/N-ethyl adjacent to an activating group) is 1. The summed E-state index contributed by atoms with van der Waals surface area (Å²) in [7, 11) is 3.51. The number of ether oxygens (including phenoxy) is 3. The van der Waals surface area contributed by atoms with Crippen LogP contribution in [0.5, 0.6) is 23.1 Å². The number of aromatic nitrogens is 2. The molecule has 0 bridgehead atoms. The molecule has 0 aliphatic carbocycles. The Morgan fingerprint density at radius 2 is 2.03 bits per heavy atom. The van der Waals surface area contributed by atoms with Gasteiger partial charge in [-0.15, -0.1) is 0 Å². The van der Waals surface area contributed by atoms with Crippen LogP contribution >= 0.6 is 28.1 Å². The Morgan fingerprint density at radius 3 is 2.75 bits per heavy atom. The van der Waals surface area contributed by atoms with Gasteiger partial charge in [0.2, 0.25) is 12.5 Å². The van der Waals surface area contributed by atoms with Crippen LogP contribution < -0.4 is 29.8 Å². The Labute approximate surface area is 197 Å². The van der Waals surface area contributed by atoms with Crippen molar-refractivity contribution in [2.75, 3.05) is 27.5 Å². The van der Waals surface area contributed by atoms with Crippen LogP contribution in [-0.4, -0.2) is 37.0 Å². The molecule has 5 rings (SSSR count). The highest BCUT2D eigenvalue weighted by Crippen LogP contribution is 2.48. The minimum absolute atomic E-state index is 0.0532. The lowest BCUT2D eigenvalue weighted by Gasteiger charge is -2.35. The zero-order valence-electron chi connectivity index (χ0n) is 17.4. The standard InChI is InChI=1S/C22H20BrN3O5S/c1-25-8-7-11-9-14-18(31-10-30-14)19(29-2)15(11)17(25)16-20(27)24-22(32)26(21(16)28)13-5-3-12(23)4-6-13/h3-6,9,17,28H,7-8,10H2,1-2H3,(H,24,27,32)/t17-/m1/s1. The molecule has 10 heteroatoms. The van der Waals surface area contributed by atoms with E-state index < -0.39 is 17.5 Å². The highest BCUT2D eigenvalue weighted by Gasteiger charge is 2.39. The van der Waals surface area contributed by atoms with Gasteiger partial charge in [0.25, 0.3) is 5.56 Å². The van der Waals surface area contributed by atoms with E-state index in [1.54, 1.807) is 19.2 Å². The average molecular weight is 518 g/mol. The normalized spacial score (nSPS) is 19.0. The quantitative estimate of drug-likeness (QED) is 0.513. The van der Waals surface area contributed by atoms with E-state index in [1.807, 2.05) is 25.2 Å². The number of aromatic amines is 1. The summed E-state index contributed by atoms with van der Waals surface area (Å²) in [5.41, 5.74) is 1.93. The van der Waals surface area contributed by atoms with Crippen molar-refractivity contribution in [2.45, 2.75) is 12.5 Å². The number of methoxy groups -OCH3 is 1. The van der Waals surface area contributed by atoms with E-state index in [1.165, 1.54) is 4.57 Å². The predicted octanol–water partition coefficient (Wildman–Crippen LogP) is 1.63. The van der Waals surface area contributed by atoms with Gasteiger partial charge in [-0.2, -0.15) is 0 Å². The molecule has 1 aromatic heterocycles. The summed E-state index contributed by atoms with van der Waals surface area (Å²) in [6, 6.07) is 8.54. The van der Waals surface area contributed by atoms with Crippen molar-refractivity contribution in [3.05, 3.63) is 66.6 Å². The molecule has 8 nitrogen and oxygen atoms in total. The SMILES string of the molecule is COc1c2c(cc3c1[C@H](c1c([O-])n(-c4ccc(Br)cc4)c(=S)[nH]c1=O)[NH+](C)CC3)OCO2. The second kappa shape index (κ2) is 7.95. The number of nitrogens with one attached hydrogen (secondary N) is 2. The zero-order valence-corrected chi connectivity index (χ0v) is 19.8. The van der Waals surface area contributed by atoms with Gasteiger partial charge >= 0.3 is 0 Å². The van der Waals surface area contributed by atoms with Crippen LogP contribution in [0, 0.1) is 4.77 Å². The Morgan fingerprint density at radius 1 is 1.28 bits per heavy atom. The second-order valence-corrected chi connectivity index (χ2v) is 9.09. The van der Waals surface area contributed by atoms with Crippen molar-refractivity contribution in [2.24, 2.45) is 0 Å². The topological polar surface area (TPSA) is 93.0 Å². The van der Waals surface area contributed by atoms with Crippen molar-refractivity contribution >= 4 is 28.1 Å². The van der Waals surface area contributed by atoms with Crippen molar-refractivity contribution < 1.29 is 24.2 Å². The molecular formula is C22H20BrN3O5S. The minimum atomic E-state index is -0.559. The summed E-state index contributed by atoms with van der Waals surface area (Å²) >= 11 is 8.75. The van der Waals surface area contributed by atoms with Gasteiger partial charge in [0, 0.05) is 16.6 Å². The minimum Gasteiger partial charge on any atom is -0.859 e. The highest BCUT2D eigenvalue weighted by molar-refractivity contribution is 9.10. The van der Waals surface area contributed by atoms with E-state index >= 15 is 0 Å². The van der Waals surface area contributed by atoms with Gasteiger partial charge in [-0.1, -0.05) is 15.9 Å². The molecule has 0 saturated carbocycles. The maximum absolute atomic E-state index is 13.7. The fraction of sp³-hybridized carbons (Fsp3) is 0.273. The largest absolute Gasteiger partial charge is 0.859 e. The summed E-state index contributed by atoms with van der Waals surface area (Å²) in [5, 5.41) is 13.7. The van der Waals surface area contributed by atoms with E-state index in [0.717, 1.165) is 33.5 Å². The van der Waals surface area contributed by atoms with Gasteiger partial charge in [0.15, 0.2) is 16.3 Å². The van der Waals surface area contributed by atoms with E-state index in [9.17, 15) is 9.90 Å². The van der Waals surface area contributed by atoms with E-state index in [4.69, 9.17) is 26.4 Å². The molecular weight excluding hydrogens is 498 g/mol. The molecule has 0 amide bonds. The van der Waals surface area contributed by atoms with E-state index in [-0.39, 0.29) is 17.1 Å². The third kappa shape index (κ3) is 3.21. The highest BCUT2D eigenvalue weighted by atomic mass is 79.9. The van der Waals surface area contributed by atoms with Gasteiger partial charge in [-0.3, -0.25) is 9.78 Å². The number of halogens is 1. The van der Waals surface area contributed by atoms with Crippen LogP contribution in [0.25, 0.3) is 5.69 Å². The Kier molecular flexibility index (Phi) is 5.23. The molecule has 1 unspecified atom stereocenters. The second-order valence-electron chi connectivity index (χ2n) is 7.79. The van der Waals surface area contributed by atoms with Crippen molar-refractivity contribution in [3.63, 3.8) is 0 Å². The molecule has 0 fully saturated rings. The van der Waals surface area contributed by atoms with Gasteiger partial charge in [0.05, 0.1) is 31.8 Å². The van der Waals surface area contributed by atoms with Gasteiger partial charge in [-0.25, -0.2) is 0 Å². The van der Waals surface area contributed by atoms with Crippen molar-refractivity contribution in [1.82, 2.24) is 9.55 Å². The van der Waals surface area contributed by atoms with Crippen LogP contribution in [0.3, 0.4) is 0 Å². The third-order valence-corrected chi connectivity index (χ3v) is 6.81. The number of hydrogen-bond donors (Lipinski definition) is 2. The molecule has 3 heterocycles. The fourth-order valence-corrected chi connectivity index (χ4v) is 5.07. The number of benzene rings is 2. The summed E-state index contributed by atoms with van der Waals surface area (Å²) < 4.78 is 19.2. The lowest BCUT2D eigenvalue weighted by atomic mass is 9.87. The number of nitrogens with zero attached hydrogens (tertiary/aromatic N) is 1. The molecule has 166 valence electrons. The number of rotatable bonds is 3. The van der Waals surface area contributed by atoms with Crippen molar-refractivity contribution in [3.8, 4) is 28.8 Å². The first kappa shape index (κ1) is 21.0. The Hall–Kier alpha value is -2.82. The molecule has 2 atom stereocenters. The Balaban J connectivity index is 1.78. The van der Waals surface area contributed by atoms with Crippen LogP contribution in [0.15, 0.2) is 39.6 Å². The number of hydrogen-bond acceptors (Lipinski definition) is 6. The van der Waals surface area contributed by atoms with Gasteiger partial charge in [-0.05, 0) is 54.0 Å². The molecule has 32 heavy (non-hydrogen) atoms. The molecule has 2 aliphatic heterocycles. The van der Waals surface area contributed by atoms with E-state index in [2.05, 4.69) is 20.9 Å². The third-order valence-electron chi connectivity index (χ3n) is 5.99. The van der Waals surface area contributed by atoms with Crippen LogP contribution in [0.1, 0.15) is 22.7 Å². The van der Waals surface area contributed by atoms with Gasteiger partial charge in [0.1, 0.15) is 6.04 Å². The fourth-order valence-electron chi connectivity index (χ4n) is 4.53. The maximum Gasteiger partial charge on any atom is 0.260 e. The lowest BCUT2D eigenvalue weighted by Crippen LogP contribution is -3.10. The first-order valence-electron chi connectivity index (χ1n) is 10.0. The average Bonchev–Trinajstić information content (AvgIpc) is 3.23. The first-order chi connectivity index (χ1) is 15.4. The number of H-pyrrole nitrogens is 1. The molecule has 0 radical (unpaired) electrons.